The lowest BCUT2D eigenvalue weighted by atomic mass is 10.1. The summed E-state index contributed by atoms with van der Waals surface area (Å²) in [6.07, 6.45) is 4.59. The number of benzene rings is 2. The lowest BCUT2D eigenvalue weighted by molar-refractivity contribution is 0.301. The second-order valence-corrected chi connectivity index (χ2v) is 8.37. The van der Waals surface area contributed by atoms with E-state index in [1.165, 1.54) is 5.56 Å². The summed E-state index contributed by atoms with van der Waals surface area (Å²) in [5, 5.41) is 16.6. The molecule has 3 heterocycles. The Hall–Kier alpha value is -3.75. The number of anilines is 3. The van der Waals surface area contributed by atoms with Crippen LogP contribution in [-0.2, 0) is 19.5 Å². The molecule has 0 spiro atoms. The van der Waals surface area contributed by atoms with Crippen molar-refractivity contribution >= 4 is 17.5 Å². The van der Waals surface area contributed by atoms with Crippen molar-refractivity contribution in [1.82, 2.24) is 24.8 Å². The van der Waals surface area contributed by atoms with Gasteiger partial charge in [0, 0.05) is 61.9 Å². The highest BCUT2D eigenvalue weighted by atomic mass is 16.3. The standard InChI is InChI=1S/C26H29N7O/c1-19-28-13-14-33(19)22-9-7-21(8-10-22)29-26-30-24-11-12-27-17-23(24)25(31-26)32(15-16-34)18-20-5-3-2-4-6-20/h2-10,13-14,27,34H,11-12,15-18H2,1H3,(H,29,30,31). The summed E-state index contributed by atoms with van der Waals surface area (Å²) in [5.41, 5.74) is 5.29. The van der Waals surface area contributed by atoms with E-state index in [1.54, 1.807) is 6.20 Å². The first-order chi connectivity index (χ1) is 16.7. The van der Waals surface area contributed by atoms with Crippen LogP contribution in [0.15, 0.2) is 67.0 Å². The van der Waals surface area contributed by atoms with Gasteiger partial charge in [-0.05, 0) is 36.8 Å². The zero-order valence-corrected chi connectivity index (χ0v) is 19.3. The molecule has 0 unspecified atom stereocenters. The summed E-state index contributed by atoms with van der Waals surface area (Å²) >= 11 is 0. The lowest BCUT2D eigenvalue weighted by Gasteiger charge is -2.29. The minimum absolute atomic E-state index is 0.0525. The number of aliphatic hydroxyl groups is 1. The third-order valence-electron chi connectivity index (χ3n) is 6.02. The lowest BCUT2D eigenvalue weighted by Crippen LogP contribution is -2.33. The molecule has 0 fully saturated rings. The number of aryl methyl sites for hydroxylation is 1. The van der Waals surface area contributed by atoms with Crippen LogP contribution >= 0.6 is 0 Å². The molecule has 2 aromatic heterocycles. The molecule has 0 radical (unpaired) electrons. The highest BCUT2D eigenvalue weighted by molar-refractivity contribution is 5.60. The summed E-state index contributed by atoms with van der Waals surface area (Å²) in [7, 11) is 0. The number of rotatable bonds is 8. The van der Waals surface area contributed by atoms with Crippen LogP contribution in [0.2, 0.25) is 0 Å². The van der Waals surface area contributed by atoms with E-state index < -0.39 is 0 Å². The zero-order chi connectivity index (χ0) is 23.3. The Morgan fingerprint density at radius 2 is 1.91 bits per heavy atom. The molecule has 4 aromatic rings. The maximum atomic E-state index is 9.79. The molecule has 3 N–H and O–H groups in total. The van der Waals surface area contributed by atoms with Gasteiger partial charge >= 0.3 is 0 Å². The van der Waals surface area contributed by atoms with Crippen LogP contribution < -0.4 is 15.5 Å². The number of aliphatic hydroxyl groups excluding tert-OH is 1. The first-order valence-corrected chi connectivity index (χ1v) is 11.6. The average Bonchev–Trinajstić information content (AvgIpc) is 3.30. The van der Waals surface area contributed by atoms with Gasteiger partial charge in [0.15, 0.2) is 0 Å². The van der Waals surface area contributed by atoms with Crippen molar-refractivity contribution in [3.05, 3.63) is 89.6 Å². The van der Waals surface area contributed by atoms with Crippen molar-refractivity contribution in [2.75, 3.05) is 29.9 Å². The second kappa shape index (κ2) is 10.0. The summed E-state index contributed by atoms with van der Waals surface area (Å²) < 4.78 is 2.04. The Morgan fingerprint density at radius 1 is 1.09 bits per heavy atom. The predicted molar refractivity (Wildman–Crippen MR) is 134 cm³/mol. The Bertz CT molecular complexity index is 1240. The fraction of sp³-hybridized carbons (Fsp3) is 0.269. The van der Waals surface area contributed by atoms with Crippen LogP contribution in [0.1, 0.15) is 22.6 Å². The van der Waals surface area contributed by atoms with E-state index in [0.29, 0.717) is 19.0 Å². The molecule has 0 saturated carbocycles. The number of fused-ring (bicyclic) bond motifs is 1. The molecule has 174 valence electrons. The molecule has 0 bridgehead atoms. The highest BCUT2D eigenvalue weighted by Crippen LogP contribution is 2.28. The van der Waals surface area contributed by atoms with Gasteiger partial charge in [-0.15, -0.1) is 0 Å². The van der Waals surface area contributed by atoms with Gasteiger partial charge in [-0.25, -0.2) is 9.97 Å². The summed E-state index contributed by atoms with van der Waals surface area (Å²) in [5.74, 6) is 2.38. The van der Waals surface area contributed by atoms with E-state index in [4.69, 9.17) is 9.97 Å². The van der Waals surface area contributed by atoms with Gasteiger partial charge in [0.05, 0.1) is 12.3 Å². The number of nitrogens with one attached hydrogen (secondary N) is 2. The summed E-state index contributed by atoms with van der Waals surface area (Å²) in [4.78, 5) is 16.2. The molecule has 8 heteroatoms. The summed E-state index contributed by atoms with van der Waals surface area (Å²) in [6.45, 7) is 4.81. The average molecular weight is 456 g/mol. The predicted octanol–water partition coefficient (Wildman–Crippen LogP) is 3.36. The van der Waals surface area contributed by atoms with Crippen LogP contribution in [-0.4, -0.2) is 44.3 Å². The van der Waals surface area contributed by atoms with Crippen molar-refractivity contribution in [1.29, 1.82) is 0 Å². The molecular formula is C26H29N7O. The van der Waals surface area contributed by atoms with Gasteiger partial charge in [0.25, 0.3) is 0 Å². The maximum absolute atomic E-state index is 9.79. The third-order valence-corrected chi connectivity index (χ3v) is 6.02. The molecule has 0 saturated heterocycles. The van der Waals surface area contributed by atoms with Crippen LogP contribution in [0.5, 0.6) is 0 Å². The second-order valence-electron chi connectivity index (χ2n) is 8.37. The molecular weight excluding hydrogens is 426 g/mol. The third kappa shape index (κ3) is 4.78. The van der Waals surface area contributed by atoms with E-state index in [0.717, 1.165) is 53.8 Å². The van der Waals surface area contributed by atoms with Crippen molar-refractivity contribution in [2.24, 2.45) is 0 Å². The van der Waals surface area contributed by atoms with Crippen molar-refractivity contribution in [3.63, 3.8) is 0 Å². The Kier molecular flexibility index (Phi) is 6.51. The van der Waals surface area contributed by atoms with Crippen molar-refractivity contribution < 1.29 is 5.11 Å². The monoisotopic (exact) mass is 455 g/mol. The van der Waals surface area contributed by atoms with Gasteiger partial charge in [-0.2, -0.15) is 4.98 Å². The molecule has 0 atom stereocenters. The van der Waals surface area contributed by atoms with Gasteiger partial charge in [-0.3, -0.25) is 0 Å². The normalized spacial score (nSPS) is 12.9. The molecule has 0 aliphatic carbocycles. The summed E-state index contributed by atoms with van der Waals surface area (Å²) in [6, 6.07) is 18.4. The van der Waals surface area contributed by atoms with Crippen molar-refractivity contribution in [3.8, 4) is 5.69 Å². The molecule has 34 heavy (non-hydrogen) atoms. The number of nitrogens with zero attached hydrogens (tertiary/aromatic N) is 5. The topological polar surface area (TPSA) is 91.1 Å². The van der Waals surface area contributed by atoms with Crippen LogP contribution in [0.25, 0.3) is 5.69 Å². The van der Waals surface area contributed by atoms with Gasteiger partial charge in [0.2, 0.25) is 5.95 Å². The van der Waals surface area contributed by atoms with Crippen LogP contribution in [0, 0.1) is 6.92 Å². The van der Waals surface area contributed by atoms with Gasteiger partial charge in [0.1, 0.15) is 11.6 Å². The fourth-order valence-corrected chi connectivity index (χ4v) is 4.31. The Labute approximate surface area is 199 Å². The first kappa shape index (κ1) is 22.1. The molecule has 0 amide bonds. The molecule has 2 aromatic carbocycles. The Balaban J connectivity index is 1.45. The van der Waals surface area contributed by atoms with E-state index >= 15 is 0 Å². The number of imidazole rings is 1. The van der Waals surface area contributed by atoms with E-state index in [9.17, 15) is 5.11 Å². The highest BCUT2D eigenvalue weighted by Gasteiger charge is 2.22. The molecule has 5 rings (SSSR count). The minimum Gasteiger partial charge on any atom is -0.395 e. The minimum atomic E-state index is 0.0525. The maximum Gasteiger partial charge on any atom is 0.229 e. The van der Waals surface area contributed by atoms with Gasteiger partial charge < -0.3 is 25.2 Å². The van der Waals surface area contributed by atoms with Crippen LogP contribution in [0.3, 0.4) is 0 Å². The van der Waals surface area contributed by atoms with Crippen molar-refractivity contribution in [2.45, 2.75) is 26.4 Å². The molecule has 8 nitrogen and oxygen atoms in total. The first-order valence-electron chi connectivity index (χ1n) is 11.6. The van der Waals surface area contributed by atoms with Crippen LogP contribution in [0.4, 0.5) is 17.5 Å². The SMILES string of the molecule is Cc1nccn1-c1ccc(Nc2nc3c(c(N(CCO)Cc4ccccc4)n2)CNCC3)cc1. The molecule has 1 aliphatic rings. The van der Waals surface area contributed by atoms with E-state index in [-0.39, 0.29) is 6.61 Å². The quantitative estimate of drug-likeness (QED) is 0.375. The number of aromatic nitrogens is 4. The number of hydrogen-bond donors (Lipinski definition) is 3. The van der Waals surface area contributed by atoms with E-state index in [1.807, 2.05) is 60.2 Å². The van der Waals surface area contributed by atoms with E-state index in [2.05, 4.69) is 32.7 Å². The zero-order valence-electron chi connectivity index (χ0n) is 19.3. The van der Waals surface area contributed by atoms with Gasteiger partial charge in [-0.1, -0.05) is 30.3 Å². The largest absolute Gasteiger partial charge is 0.395 e. The molecule has 1 aliphatic heterocycles. The number of hydrogen-bond acceptors (Lipinski definition) is 7. The fourth-order valence-electron chi connectivity index (χ4n) is 4.31. The smallest absolute Gasteiger partial charge is 0.229 e. The Morgan fingerprint density at radius 3 is 2.65 bits per heavy atom.